The van der Waals surface area contributed by atoms with Gasteiger partial charge in [0.1, 0.15) is 16.9 Å². The summed E-state index contributed by atoms with van der Waals surface area (Å²) in [4.78, 5) is 16.2. The van der Waals surface area contributed by atoms with Crippen LogP contribution in [0.1, 0.15) is 62.3 Å². The molecule has 0 bridgehead atoms. The molecule has 0 aliphatic rings. The number of nitrogens with zero attached hydrogens (tertiary/aromatic N) is 6. The van der Waals surface area contributed by atoms with Crippen LogP contribution in [0.25, 0.3) is 0 Å². The quantitative estimate of drug-likeness (QED) is 0.147. The van der Waals surface area contributed by atoms with E-state index in [1.165, 1.54) is 35.3 Å². The Bertz CT molecular complexity index is 1520. The summed E-state index contributed by atoms with van der Waals surface area (Å²) in [6, 6.07) is 5.90. The Morgan fingerprint density at radius 3 is 2.56 bits per heavy atom. The second-order valence-corrected chi connectivity index (χ2v) is 10.7. The smallest absolute Gasteiger partial charge is 0.373 e. The fourth-order valence-corrected chi connectivity index (χ4v) is 4.58. The number of amides is 1. The summed E-state index contributed by atoms with van der Waals surface area (Å²) in [5, 5.41) is 31.2. The molecule has 0 saturated heterocycles. The van der Waals surface area contributed by atoms with Gasteiger partial charge in [-0.25, -0.2) is 17.9 Å². The minimum Gasteiger partial charge on any atom is -0.373 e. The maximum atomic E-state index is 14.6. The molecular formula is C26H26F6N8O2S. The maximum absolute atomic E-state index is 14.6. The second-order valence-electron chi connectivity index (χ2n) is 9.64. The fraction of sp³-hybridized carbons (Fsp3) is 0.385. The zero-order chi connectivity index (χ0) is 31.2. The van der Waals surface area contributed by atoms with Gasteiger partial charge in [-0.15, -0.1) is 15.3 Å². The molecule has 3 N–H and O–H groups in total. The Kier molecular flexibility index (Phi) is 10.1. The molecule has 4 rings (SSSR count). The van der Waals surface area contributed by atoms with Gasteiger partial charge in [0.25, 0.3) is 11.8 Å². The van der Waals surface area contributed by atoms with Gasteiger partial charge < -0.3 is 10.4 Å². The average molecular weight is 629 g/mol. The van der Waals surface area contributed by atoms with Gasteiger partial charge in [-0.2, -0.15) is 13.2 Å². The first-order valence-corrected chi connectivity index (χ1v) is 13.6. The van der Waals surface area contributed by atoms with Crippen molar-refractivity contribution < 1.29 is 36.2 Å². The fourth-order valence-electron chi connectivity index (χ4n) is 3.81. The predicted molar refractivity (Wildman–Crippen MR) is 141 cm³/mol. The number of hydrogen-bond donors (Lipinski definition) is 3. The lowest BCUT2D eigenvalue weighted by Crippen LogP contribution is -2.23. The standard InChI is InChI=1S/C26H26F6N8O2S/c1-25(28,29)18-8-16(9-33-12-18)11-35-23(42)24-38-37-21(43-24)6-5-19(27)13-40-14-20(36-39-40)22(41)34-10-15-3-2-4-17(7-15)26(30,31)32/h2-4,7-9,12,14,19,22,34,41H,5-6,10-11,13H2,1H3,(H,35,42). The van der Waals surface area contributed by atoms with Crippen LogP contribution < -0.4 is 10.6 Å². The van der Waals surface area contributed by atoms with Crippen LogP contribution in [0.5, 0.6) is 0 Å². The van der Waals surface area contributed by atoms with Gasteiger partial charge >= 0.3 is 6.18 Å². The van der Waals surface area contributed by atoms with E-state index in [1.807, 2.05) is 0 Å². The highest BCUT2D eigenvalue weighted by atomic mass is 32.1. The molecule has 0 spiro atoms. The number of hydrogen-bond acceptors (Lipinski definition) is 9. The van der Waals surface area contributed by atoms with Crippen molar-refractivity contribution in [3.8, 4) is 0 Å². The lowest BCUT2D eigenvalue weighted by molar-refractivity contribution is -0.137. The molecule has 2 atom stereocenters. The van der Waals surface area contributed by atoms with Gasteiger partial charge in [0, 0.05) is 44.4 Å². The van der Waals surface area contributed by atoms with E-state index in [4.69, 9.17) is 0 Å². The van der Waals surface area contributed by atoms with Crippen LogP contribution in [0.2, 0.25) is 0 Å². The molecule has 43 heavy (non-hydrogen) atoms. The van der Waals surface area contributed by atoms with Gasteiger partial charge in [-0.1, -0.05) is 34.7 Å². The van der Waals surface area contributed by atoms with Crippen LogP contribution in [-0.4, -0.2) is 47.4 Å². The number of aliphatic hydroxyl groups is 1. The lowest BCUT2D eigenvalue weighted by atomic mass is 10.1. The first-order valence-electron chi connectivity index (χ1n) is 12.8. The van der Waals surface area contributed by atoms with Crippen LogP contribution in [0.15, 0.2) is 48.9 Å². The lowest BCUT2D eigenvalue weighted by Gasteiger charge is -2.12. The third-order valence-corrected chi connectivity index (χ3v) is 7.04. The Labute approximate surface area is 245 Å². The molecule has 4 aromatic rings. The second kappa shape index (κ2) is 13.6. The number of halogens is 6. The van der Waals surface area contributed by atoms with E-state index in [1.54, 1.807) is 0 Å². The molecule has 0 aliphatic carbocycles. The Morgan fingerprint density at radius 2 is 1.81 bits per heavy atom. The van der Waals surface area contributed by atoms with Gasteiger partial charge in [-0.3, -0.25) is 15.1 Å². The number of alkyl halides is 6. The van der Waals surface area contributed by atoms with E-state index in [9.17, 15) is 36.2 Å². The van der Waals surface area contributed by atoms with Gasteiger partial charge in [0.05, 0.1) is 18.3 Å². The average Bonchev–Trinajstić information content (AvgIpc) is 3.63. The third-order valence-electron chi connectivity index (χ3n) is 6.06. The molecule has 0 aliphatic heterocycles. The summed E-state index contributed by atoms with van der Waals surface area (Å²) in [5.74, 6) is -3.63. The molecule has 1 aromatic carbocycles. The Morgan fingerprint density at radius 1 is 1.05 bits per heavy atom. The van der Waals surface area contributed by atoms with Crippen molar-refractivity contribution in [3.63, 3.8) is 0 Å². The molecule has 0 fully saturated rings. The topological polar surface area (TPSA) is 131 Å². The van der Waals surface area contributed by atoms with Crippen LogP contribution in [0, 0.1) is 0 Å². The van der Waals surface area contributed by atoms with Crippen LogP contribution >= 0.6 is 11.3 Å². The van der Waals surface area contributed by atoms with Crippen molar-refractivity contribution in [2.45, 2.75) is 63.9 Å². The number of carbonyl (C=O) groups is 1. The summed E-state index contributed by atoms with van der Waals surface area (Å²) >= 11 is 0.971. The van der Waals surface area contributed by atoms with Gasteiger partial charge in [0.2, 0.25) is 5.01 Å². The van der Waals surface area contributed by atoms with E-state index in [0.29, 0.717) is 16.1 Å². The van der Waals surface area contributed by atoms with Crippen LogP contribution in [0.3, 0.4) is 0 Å². The first kappa shape index (κ1) is 32.0. The van der Waals surface area contributed by atoms with Gasteiger partial charge in [-0.05, 0) is 29.7 Å². The molecule has 3 aromatic heterocycles. The molecule has 0 radical (unpaired) electrons. The highest BCUT2D eigenvalue weighted by Gasteiger charge is 2.30. The van der Waals surface area contributed by atoms with Gasteiger partial charge in [0.15, 0.2) is 6.23 Å². The van der Waals surface area contributed by atoms with Crippen molar-refractivity contribution in [2.24, 2.45) is 0 Å². The minimum absolute atomic E-state index is 0.0193. The molecule has 17 heteroatoms. The zero-order valence-corrected chi connectivity index (χ0v) is 23.3. The van der Waals surface area contributed by atoms with Crippen molar-refractivity contribution >= 4 is 17.2 Å². The summed E-state index contributed by atoms with van der Waals surface area (Å²) in [6.45, 7) is 0.434. The maximum Gasteiger partial charge on any atom is 0.416 e. The van der Waals surface area contributed by atoms with E-state index in [0.717, 1.165) is 36.6 Å². The van der Waals surface area contributed by atoms with Crippen LogP contribution in [0.4, 0.5) is 26.3 Å². The normalized spacial score (nSPS) is 13.6. The number of nitrogens with one attached hydrogen (secondary N) is 2. The largest absolute Gasteiger partial charge is 0.416 e. The summed E-state index contributed by atoms with van der Waals surface area (Å²) < 4.78 is 81.4. The predicted octanol–water partition coefficient (Wildman–Crippen LogP) is 4.34. The zero-order valence-electron chi connectivity index (χ0n) is 22.5. The number of aryl methyl sites for hydroxylation is 1. The Hall–Kier alpha value is -3.96. The first-order chi connectivity index (χ1) is 20.3. The summed E-state index contributed by atoms with van der Waals surface area (Å²) in [5.41, 5.74) is -0.342. The van der Waals surface area contributed by atoms with E-state index in [2.05, 4.69) is 36.1 Å². The number of rotatable bonds is 13. The number of aromatic nitrogens is 6. The number of aliphatic hydroxyl groups excluding tert-OH is 1. The number of pyridine rings is 1. The number of benzene rings is 1. The third kappa shape index (κ3) is 9.26. The van der Waals surface area contributed by atoms with Crippen molar-refractivity contribution in [3.05, 3.63) is 86.9 Å². The van der Waals surface area contributed by atoms with Crippen molar-refractivity contribution in [2.75, 3.05) is 0 Å². The van der Waals surface area contributed by atoms with E-state index in [-0.39, 0.29) is 48.7 Å². The Balaban J connectivity index is 1.21. The molecule has 0 saturated carbocycles. The monoisotopic (exact) mass is 628 g/mol. The summed E-state index contributed by atoms with van der Waals surface area (Å²) in [7, 11) is 0. The molecule has 2 unspecified atom stereocenters. The molecular weight excluding hydrogens is 602 g/mol. The van der Waals surface area contributed by atoms with Crippen molar-refractivity contribution in [1.82, 2.24) is 40.8 Å². The highest BCUT2D eigenvalue weighted by molar-refractivity contribution is 7.13. The SMILES string of the molecule is CC(F)(F)c1cncc(CNC(=O)c2nnc(CCC(F)Cn3cc(C(O)NCc4cccc(C(F)(F)F)c4)nn3)s2)c1. The van der Waals surface area contributed by atoms with Crippen LogP contribution in [-0.2, 0) is 38.2 Å². The molecule has 10 nitrogen and oxygen atoms in total. The molecule has 1 amide bonds. The summed E-state index contributed by atoms with van der Waals surface area (Å²) in [6.07, 6.45) is -3.30. The number of carbonyl (C=O) groups excluding carboxylic acids is 1. The van der Waals surface area contributed by atoms with Crippen molar-refractivity contribution in [1.29, 1.82) is 0 Å². The molecule has 3 heterocycles. The van der Waals surface area contributed by atoms with E-state index >= 15 is 0 Å². The minimum atomic E-state index is -4.49. The van der Waals surface area contributed by atoms with E-state index < -0.39 is 36.0 Å². The highest BCUT2D eigenvalue weighted by Crippen LogP contribution is 2.30. The molecule has 230 valence electrons.